The van der Waals surface area contributed by atoms with E-state index in [4.69, 9.17) is 4.74 Å². The van der Waals surface area contributed by atoms with Crippen LogP contribution >= 0.6 is 15.9 Å². The molecule has 0 aromatic heterocycles. The Morgan fingerprint density at radius 1 is 1.45 bits per heavy atom. The summed E-state index contributed by atoms with van der Waals surface area (Å²) in [6, 6.07) is 3.16. The summed E-state index contributed by atoms with van der Waals surface area (Å²) in [7, 11) is 0. The zero-order valence-corrected chi connectivity index (χ0v) is 14.0. The number of halogens is 2. The van der Waals surface area contributed by atoms with E-state index < -0.39 is 29.8 Å². The van der Waals surface area contributed by atoms with Crippen LogP contribution in [0, 0.1) is 11.7 Å². The average Bonchev–Trinajstić information content (AvgIpc) is 2.39. The number of carbonyl (C=O) groups excluding carboxylic acids is 2. The van der Waals surface area contributed by atoms with Gasteiger partial charge in [0.05, 0.1) is 16.6 Å². The summed E-state index contributed by atoms with van der Waals surface area (Å²) in [4.78, 5) is 27.8. The van der Waals surface area contributed by atoms with Crippen LogP contribution in [0.25, 0.3) is 0 Å². The Morgan fingerprint density at radius 2 is 2.14 bits per heavy atom. The maximum Gasteiger partial charge on any atom is 0.341 e. The van der Waals surface area contributed by atoms with Crippen molar-refractivity contribution in [1.82, 2.24) is 5.32 Å². The van der Waals surface area contributed by atoms with Crippen LogP contribution in [0.4, 0.5) is 9.18 Å². The van der Waals surface area contributed by atoms with Crippen LogP contribution in [0.15, 0.2) is 27.7 Å². The number of nitrogens with one attached hydrogen (secondary N) is 1. The minimum absolute atomic E-state index is 0.260. The summed E-state index contributed by atoms with van der Waals surface area (Å²) in [6.07, 6.45) is -0.279. The Morgan fingerprint density at radius 3 is 2.73 bits per heavy atom. The van der Waals surface area contributed by atoms with Gasteiger partial charge in [-0.05, 0) is 54.4 Å². The predicted molar refractivity (Wildman–Crippen MR) is 83.2 cm³/mol. The van der Waals surface area contributed by atoms with Crippen LogP contribution in [0.2, 0.25) is 0 Å². The van der Waals surface area contributed by atoms with E-state index in [-0.39, 0.29) is 10.6 Å². The number of benzene rings is 1. The normalized spacial score (nSPS) is 21.4. The van der Waals surface area contributed by atoms with E-state index in [0.29, 0.717) is 11.3 Å². The second kappa shape index (κ2) is 6.56. The lowest BCUT2D eigenvalue weighted by Crippen LogP contribution is -2.44. The number of aliphatic imine (C=N–C) groups is 1. The molecule has 0 saturated heterocycles. The van der Waals surface area contributed by atoms with Crippen molar-refractivity contribution in [1.29, 1.82) is 0 Å². The van der Waals surface area contributed by atoms with E-state index >= 15 is 0 Å². The monoisotopic (exact) mass is 370 g/mol. The zero-order chi connectivity index (χ0) is 16.4. The van der Waals surface area contributed by atoms with Crippen LogP contribution < -0.4 is 5.32 Å². The van der Waals surface area contributed by atoms with Gasteiger partial charge in [0.2, 0.25) is 0 Å². The van der Waals surface area contributed by atoms with Gasteiger partial charge in [-0.25, -0.2) is 14.2 Å². The van der Waals surface area contributed by atoms with Gasteiger partial charge in [0.15, 0.2) is 0 Å². The summed E-state index contributed by atoms with van der Waals surface area (Å²) >= 11 is 3.11. The molecule has 118 valence electrons. The SMILES string of the molecule is CC1=NC(=O)NC(c2ccc(F)c(Br)c2)C1C(=O)OC(C)C. The number of carbonyl (C=O) groups is 2. The first-order valence-electron chi connectivity index (χ1n) is 6.80. The van der Waals surface area contributed by atoms with Gasteiger partial charge >= 0.3 is 12.0 Å². The third-order valence-corrected chi connectivity index (χ3v) is 3.86. The van der Waals surface area contributed by atoms with Gasteiger partial charge in [0.25, 0.3) is 0 Å². The van der Waals surface area contributed by atoms with Crippen molar-refractivity contribution in [3.05, 3.63) is 34.1 Å². The largest absolute Gasteiger partial charge is 0.462 e. The van der Waals surface area contributed by atoms with Gasteiger partial charge in [-0.2, -0.15) is 0 Å². The van der Waals surface area contributed by atoms with Crippen LogP contribution in [0.1, 0.15) is 32.4 Å². The molecule has 2 atom stereocenters. The molecule has 0 spiro atoms. The van der Waals surface area contributed by atoms with Gasteiger partial charge < -0.3 is 10.1 Å². The summed E-state index contributed by atoms with van der Waals surface area (Å²) in [5.41, 5.74) is 0.974. The molecular formula is C15H16BrFN2O3. The minimum atomic E-state index is -0.738. The van der Waals surface area contributed by atoms with Gasteiger partial charge in [0, 0.05) is 5.71 Å². The van der Waals surface area contributed by atoms with Crippen LogP contribution in [-0.2, 0) is 9.53 Å². The first kappa shape index (κ1) is 16.6. The zero-order valence-electron chi connectivity index (χ0n) is 12.4. The molecule has 2 rings (SSSR count). The molecule has 1 N–H and O–H groups in total. The van der Waals surface area contributed by atoms with E-state index in [0.717, 1.165) is 0 Å². The average molecular weight is 371 g/mol. The predicted octanol–water partition coefficient (Wildman–Crippen LogP) is 3.38. The quantitative estimate of drug-likeness (QED) is 0.829. The summed E-state index contributed by atoms with van der Waals surface area (Å²) < 4.78 is 18.9. The van der Waals surface area contributed by atoms with Gasteiger partial charge in [-0.15, -0.1) is 0 Å². The Bertz CT molecular complexity index is 646. The lowest BCUT2D eigenvalue weighted by Gasteiger charge is -2.30. The number of nitrogens with zero attached hydrogens (tertiary/aromatic N) is 1. The fraction of sp³-hybridized carbons (Fsp3) is 0.400. The highest BCUT2D eigenvalue weighted by Crippen LogP contribution is 2.30. The Hall–Kier alpha value is -1.76. The summed E-state index contributed by atoms with van der Waals surface area (Å²) in [6.45, 7) is 5.10. The Labute approximate surface area is 136 Å². The Kier molecular flexibility index (Phi) is 4.95. The number of urea groups is 1. The second-order valence-corrected chi connectivity index (χ2v) is 6.17. The van der Waals surface area contributed by atoms with Crippen molar-refractivity contribution in [2.24, 2.45) is 10.9 Å². The van der Waals surface area contributed by atoms with E-state index in [2.05, 4.69) is 26.2 Å². The maximum atomic E-state index is 13.4. The molecule has 0 saturated carbocycles. The lowest BCUT2D eigenvalue weighted by molar-refractivity contribution is -0.150. The van der Waals surface area contributed by atoms with Gasteiger partial charge in [0.1, 0.15) is 11.7 Å². The standard InChI is InChI=1S/C15H16BrFN2O3/c1-7(2)22-14(20)12-8(3)18-15(21)19-13(12)9-4-5-11(17)10(16)6-9/h4-7,12-13H,1-3H3,(H,19,21). The van der Waals surface area contributed by atoms with Crippen molar-refractivity contribution < 1.29 is 18.7 Å². The summed E-state index contributed by atoms with van der Waals surface area (Å²) in [5.74, 6) is -1.63. The Balaban J connectivity index is 2.41. The van der Waals surface area contributed by atoms with Crippen LogP contribution in [0.5, 0.6) is 0 Å². The third-order valence-electron chi connectivity index (χ3n) is 3.25. The maximum absolute atomic E-state index is 13.4. The molecule has 1 aromatic carbocycles. The molecular weight excluding hydrogens is 355 g/mol. The number of hydrogen-bond donors (Lipinski definition) is 1. The first-order chi connectivity index (χ1) is 10.3. The molecule has 1 aliphatic rings. The van der Waals surface area contributed by atoms with Crippen molar-refractivity contribution in [2.45, 2.75) is 32.9 Å². The molecule has 5 nitrogen and oxygen atoms in total. The van der Waals surface area contributed by atoms with E-state index in [1.807, 2.05) is 0 Å². The molecule has 2 amide bonds. The third kappa shape index (κ3) is 3.52. The molecule has 7 heteroatoms. The van der Waals surface area contributed by atoms with E-state index in [9.17, 15) is 14.0 Å². The number of esters is 1. The smallest absolute Gasteiger partial charge is 0.341 e. The van der Waals surface area contributed by atoms with Gasteiger partial charge in [-0.1, -0.05) is 6.07 Å². The van der Waals surface area contributed by atoms with Crippen molar-refractivity contribution >= 4 is 33.6 Å². The molecule has 0 fully saturated rings. The first-order valence-corrected chi connectivity index (χ1v) is 7.60. The minimum Gasteiger partial charge on any atom is -0.462 e. The number of hydrogen-bond acceptors (Lipinski definition) is 3. The number of rotatable bonds is 3. The molecule has 1 aliphatic heterocycles. The highest BCUT2D eigenvalue weighted by atomic mass is 79.9. The number of ether oxygens (including phenoxy) is 1. The molecule has 2 unspecified atom stereocenters. The van der Waals surface area contributed by atoms with E-state index in [1.54, 1.807) is 20.8 Å². The topological polar surface area (TPSA) is 67.8 Å². The highest BCUT2D eigenvalue weighted by Gasteiger charge is 2.38. The van der Waals surface area contributed by atoms with Crippen molar-refractivity contribution in [3.8, 4) is 0 Å². The molecule has 0 radical (unpaired) electrons. The molecule has 22 heavy (non-hydrogen) atoms. The molecule has 1 aromatic rings. The fourth-order valence-corrected chi connectivity index (χ4v) is 2.71. The number of amides is 2. The van der Waals surface area contributed by atoms with Gasteiger partial charge in [-0.3, -0.25) is 4.79 Å². The van der Waals surface area contributed by atoms with Crippen molar-refractivity contribution in [2.75, 3.05) is 0 Å². The molecule has 0 bridgehead atoms. The summed E-state index contributed by atoms with van der Waals surface area (Å²) in [5, 5.41) is 2.64. The highest BCUT2D eigenvalue weighted by molar-refractivity contribution is 9.10. The van der Waals surface area contributed by atoms with Crippen LogP contribution in [0.3, 0.4) is 0 Å². The van der Waals surface area contributed by atoms with Crippen LogP contribution in [-0.4, -0.2) is 23.8 Å². The van der Waals surface area contributed by atoms with E-state index in [1.165, 1.54) is 18.2 Å². The van der Waals surface area contributed by atoms with Crippen molar-refractivity contribution in [3.63, 3.8) is 0 Å². The second-order valence-electron chi connectivity index (χ2n) is 5.32. The fourth-order valence-electron chi connectivity index (χ4n) is 2.31. The molecule has 1 heterocycles. The lowest BCUT2D eigenvalue weighted by atomic mass is 9.88. The molecule has 0 aliphatic carbocycles.